The Bertz CT molecular complexity index is 923. The zero-order chi connectivity index (χ0) is 19.8. The van der Waals surface area contributed by atoms with Gasteiger partial charge in [0.25, 0.3) is 0 Å². The van der Waals surface area contributed by atoms with Crippen LogP contribution in [0.1, 0.15) is 18.1 Å². The van der Waals surface area contributed by atoms with E-state index in [0.717, 1.165) is 18.2 Å². The number of amides is 2. The predicted octanol–water partition coefficient (Wildman–Crippen LogP) is 4.13. The van der Waals surface area contributed by atoms with Crippen molar-refractivity contribution in [3.8, 4) is 0 Å². The van der Waals surface area contributed by atoms with Crippen LogP contribution in [0.4, 0.5) is 24.5 Å². The Hall–Kier alpha value is -3.09. The molecule has 0 radical (unpaired) electrons. The lowest BCUT2D eigenvalue weighted by atomic mass is 9.83. The number of halogens is 3. The van der Waals surface area contributed by atoms with Gasteiger partial charge in [-0.1, -0.05) is 30.8 Å². The van der Waals surface area contributed by atoms with Gasteiger partial charge in [0.05, 0.1) is 11.0 Å². The average Bonchev–Trinajstić information content (AvgIpc) is 2.95. The molecule has 1 unspecified atom stereocenters. The minimum atomic E-state index is -4.50. The molecule has 140 valence electrons. The number of carbonyl (C=O) groups is 2. The molecule has 1 aliphatic heterocycles. The van der Waals surface area contributed by atoms with E-state index in [1.165, 1.54) is 17.0 Å². The first-order chi connectivity index (χ1) is 12.7. The van der Waals surface area contributed by atoms with E-state index >= 15 is 0 Å². The number of alkyl halides is 3. The molecule has 0 bridgehead atoms. The molecule has 1 N–H and O–H groups in total. The maximum absolute atomic E-state index is 13.0. The minimum Gasteiger partial charge on any atom is -0.325 e. The quantitative estimate of drug-likeness (QED) is 0.821. The van der Waals surface area contributed by atoms with Crippen molar-refractivity contribution in [2.75, 3.05) is 16.8 Å². The molecule has 27 heavy (non-hydrogen) atoms. The van der Waals surface area contributed by atoms with Gasteiger partial charge in [-0.3, -0.25) is 9.59 Å². The lowest BCUT2D eigenvalue weighted by Crippen LogP contribution is -2.43. The summed E-state index contributed by atoms with van der Waals surface area (Å²) in [7, 11) is 0. The number of hydrogen-bond acceptors (Lipinski definition) is 2. The number of anilines is 2. The van der Waals surface area contributed by atoms with Crippen molar-refractivity contribution in [2.24, 2.45) is 0 Å². The summed E-state index contributed by atoms with van der Waals surface area (Å²) in [6, 6.07) is 11.4. The van der Waals surface area contributed by atoms with Crippen molar-refractivity contribution in [2.45, 2.75) is 18.5 Å². The lowest BCUT2D eigenvalue weighted by Gasteiger charge is -2.24. The van der Waals surface area contributed by atoms with Gasteiger partial charge in [0.15, 0.2) is 0 Å². The molecule has 0 aliphatic carbocycles. The molecule has 3 rings (SSSR count). The summed E-state index contributed by atoms with van der Waals surface area (Å²) in [5.41, 5.74) is -0.694. The molecule has 0 aromatic heterocycles. The van der Waals surface area contributed by atoms with E-state index in [2.05, 4.69) is 11.9 Å². The van der Waals surface area contributed by atoms with Crippen molar-refractivity contribution in [1.29, 1.82) is 0 Å². The third-order valence-corrected chi connectivity index (χ3v) is 4.65. The van der Waals surface area contributed by atoms with E-state index in [1.807, 2.05) is 0 Å². The highest BCUT2D eigenvalue weighted by Gasteiger charge is 2.46. The van der Waals surface area contributed by atoms with Crippen LogP contribution >= 0.6 is 0 Å². The first-order valence-electron chi connectivity index (χ1n) is 8.19. The van der Waals surface area contributed by atoms with Crippen LogP contribution in [0.3, 0.4) is 0 Å². The smallest absolute Gasteiger partial charge is 0.325 e. The van der Waals surface area contributed by atoms with E-state index in [0.29, 0.717) is 11.3 Å². The molecular weight excluding hydrogens is 357 g/mol. The number of hydrogen-bond donors (Lipinski definition) is 1. The Balaban J connectivity index is 1.93. The summed E-state index contributed by atoms with van der Waals surface area (Å²) in [5, 5.41) is 2.55. The van der Waals surface area contributed by atoms with Crippen LogP contribution in [0, 0.1) is 0 Å². The van der Waals surface area contributed by atoms with Gasteiger partial charge < -0.3 is 10.2 Å². The number of para-hydroxylation sites is 1. The maximum atomic E-state index is 13.0. The largest absolute Gasteiger partial charge is 0.416 e. The van der Waals surface area contributed by atoms with Gasteiger partial charge in [-0.2, -0.15) is 13.2 Å². The Labute approximate surface area is 154 Å². The predicted molar refractivity (Wildman–Crippen MR) is 96.4 cm³/mol. The summed E-state index contributed by atoms with van der Waals surface area (Å²) in [6.45, 7) is 5.20. The van der Waals surface area contributed by atoms with Gasteiger partial charge in [0.1, 0.15) is 0 Å². The molecule has 0 saturated carbocycles. The second kappa shape index (κ2) is 6.57. The minimum absolute atomic E-state index is 0.0435. The fourth-order valence-corrected chi connectivity index (χ4v) is 3.21. The van der Waals surface area contributed by atoms with E-state index in [1.54, 1.807) is 31.2 Å². The molecule has 0 spiro atoms. The second-order valence-corrected chi connectivity index (χ2v) is 6.51. The summed E-state index contributed by atoms with van der Waals surface area (Å²) in [4.78, 5) is 26.6. The van der Waals surface area contributed by atoms with Gasteiger partial charge in [0.2, 0.25) is 11.8 Å². The number of nitrogens with one attached hydrogen (secondary N) is 1. The normalized spacial score (nSPS) is 18.7. The Morgan fingerprint density at radius 3 is 2.56 bits per heavy atom. The molecule has 0 fully saturated rings. The number of nitrogens with zero attached hydrogens (tertiary/aromatic N) is 1. The van der Waals surface area contributed by atoms with Gasteiger partial charge in [-0.25, -0.2) is 0 Å². The van der Waals surface area contributed by atoms with Crippen LogP contribution in [0.15, 0.2) is 61.2 Å². The highest BCUT2D eigenvalue weighted by atomic mass is 19.4. The number of benzene rings is 2. The van der Waals surface area contributed by atoms with Crippen LogP contribution < -0.4 is 10.2 Å². The van der Waals surface area contributed by atoms with E-state index < -0.39 is 23.1 Å². The molecule has 2 amide bonds. The fraction of sp³-hybridized carbons (Fsp3) is 0.200. The highest BCUT2D eigenvalue weighted by molar-refractivity contribution is 6.08. The molecule has 2 aromatic rings. The molecule has 1 heterocycles. The zero-order valence-corrected chi connectivity index (χ0v) is 14.5. The Kier molecular flexibility index (Phi) is 4.55. The molecular formula is C20H17F3N2O2. The third-order valence-electron chi connectivity index (χ3n) is 4.65. The Morgan fingerprint density at radius 1 is 1.19 bits per heavy atom. The van der Waals surface area contributed by atoms with Crippen molar-refractivity contribution < 1.29 is 22.8 Å². The van der Waals surface area contributed by atoms with Gasteiger partial charge in [-0.05, 0) is 42.8 Å². The monoisotopic (exact) mass is 374 g/mol. The van der Waals surface area contributed by atoms with Crippen molar-refractivity contribution >= 4 is 23.2 Å². The number of fused-ring (bicyclic) bond motifs is 1. The van der Waals surface area contributed by atoms with Gasteiger partial charge >= 0.3 is 6.18 Å². The molecule has 1 atom stereocenters. The van der Waals surface area contributed by atoms with Crippen LogP contribution in [0.25, 0.3) is 0 Å². The van der Waals surface area contributed by atoms with Gasteiger partial charge in [-0.15, -0.1) is 0 Å². The SMILES string of the molecule is C=CC(=O)N1CC(C)(C(=O)Nc2cccc(C(F)(F)F)c2)c2ccccc21. The first-order valence-corrected chi connectivity index (χ1v) is 8.19. The summed E-state index contributed by atoms with van der Waals surface area (Å²) in [5.74, 6) is -0.841. The zero-order valence-electron chi connectivity index (χ0n) is 14.5. The topological polar surface area (TPSA) is 49.4 Å². The lowest BCUT2D eigenvalue weighted by molar-refractivity contribution is -0.137. The van der Waals surface area contributed by atoms with Crippen molar-refractivity contribution in [1.82, 2.24) is 0 Å². The second-order valence-electron chi connectivity index (χ2n) is 6.51. The highest BCUT2D eigenvalue weighted by Crippen LogP contribution is 2.41. The third kappa shape index (κ3) is 3.32. The van der Waals surface area contributed by atoms with Crippen molar-refractivity contribution in [3.05, 3.63) is 72.3 Å². The van der Waals surface area contributed by atoms with Crippen LogP contribution in [-0.4, -0.2) is 18.4 Å². The average molecular weight is 374 g/mol. The molecule has 1 aliphatic rings. The summed E-state index contributed by atoms with van der Waals surface area (Å²) < 4.78 is 38.7. The van der Waals surface area contributed by atoms with Crippen LogP contribution in [0.5, 0.6) is 0 Å². The summed E-state index contributed by atoms with van der Waals surface area (Å²) in [6.07, 6.45) is -3.34. The summed E-state index contributed by atoms with van der Waals surface area (Å²) >= 11 is 0. The van der Waals surface area contributed by atoms with E-state index in [-0.39, 0.29) is 18.1 Å². The molecule has 4 nitrogen and oxygen atoms in total. The maximum Gasteiger partial charge on any atom is 0.416 e. The fourth-order valence-electron chi connectivity index (χ4n) is 3.21. The van der Waals surface area contributed by atoms with E-state index in [9.17, 15) is 22.8 Å². The molecule has 0 saturated heterocycles. The standard InChI is InChI=1S/C20H17F3N2O2/c1-3-17(26)25-12-19(2,15-9-4-5-10-16(15)25)18(27)24-14-8-6-7-13(11-14)20(21,22)23/h3-11H,1,12H2,2H3,(H,24,27). The first kappa shape index (κ1) is 18.7. The number of carbonyl (C=O) groups excluding carboxylic acids is 2. The van der Waals surface area contributed by atoms with Gasteiger partial charge in [0, 0.05) is 17.9 Å². The Morgan fingerprint density at radius 2 is 1.89 bits per heavy atom. The van der Waals surface area contributed by atoms with Crippen molar-refractivity contribution in [3.63, 3.8) is 0 Å². The van der Waals surface area contributed by atoms with Crippen LogP contribution in [0.2, 0.25) is 0 Å². The molecule has 7 heteroatoms. The van der Waals surface area contributed by atoms with Crippen LogP contribution in [-0.2, 0) is 21.2 Å². The molecule has 2 aromatic carbocycles. The number of rotatable bonds is 3. The van der Waals surface area contributed by atoms with E-state index in [4.69, 9.17) is 0 Å².